The lowest BCUT2D eigenvalue weighted by molar-refractivity contribution is 0.414. The molecular weight excluding hydrogens is 276 g/mol. The molecule has 2 aromatic rings. The molecular formula is C14H14N2O3S. The summed E-state index contributed by atoms with van der Waals surface area (Å²) in [4.78, 5) is 0.0668. The molecule has 0 radical (unpaired) electrons. The molecule has 104 valence electrons. The Kier molecular flexibility index (Phi) is 4.05. The zero-order valence-electron chi connectivity index (χ0n) is 10.9. The van der Waals surface area contributed by atoms with Crippen molar-refractivity contribution in [3.8, 4) is 5.75 Å². The van der Waals surface area contributed by atoms with Gasteiger partial charge in [-0.05, 0) is 24.3 Å². The molecule has 2 rings (SSSR count). The van der Waals surface area contributed by atoms with Crippen LogP contribution in [-0.2, 0) is 10.0 Å². The predicted molar refractivity (Wildman–Crippen MR) is 77.3 cm³/mol. The molecule has 0 bridgehead atoms. The fourth-order valence-corrected chi connectivity index (χ4v) is 2.54. The summed E-state index contributed by atoms with van der Waals surface area (Å²) in [7, 11) is -2.32. The van der Waals surface area contributed by atoms with Crippen LogP contribution in [0.5, 0.6) is 5.75 Å². The van der Waals surface area contributed by atoms with Crippen LogP contribution < -0.4 is 10.5 Å². The Morgan fingerprint density at radius 2 is 1.65 bits per heavy atom. The SMILES string of the molecule is COc1ccc(S(=O)(=O)/N=C(\N)c2ccccc2)cc1. The third kappa shape index (κ3) is 3.16. The number of nitrogens with zero attached hydrogens (tertiary/aromatic N) is 1. The third-order valence-electron chi connectivity index (χ3n) is 2.65. The van der Waals surface area contributed by atoms with E-state index < -0.39 is 10.0 Å². The standard InChI is InChI=1S/C14H14N2O3S/c1-19-12-7-9-13(10-8-12)20(17,18)16-14(15)11-5-3-2-4-6-11/h2-10H,1H3,(H2,15,16). The predicted octanol–water partition coefficient (Wildman–Crippen LogP) is 1.79. The van der Waals surface area contributed by atoms with E-state index in [4.69, 9.17) is 10.5 Å². The van der Waals surface area contributed by atoms with Crippen molar-refractivity contribution in [1.29, 1.82) is 0 Å². The highest BCUT2D eigenvalue weighted by atomic mass is 32.2. The fraction of sp³-hybridized carbons (Fsp3) is 0.0714. The van der Waals surface area contributed by atoms with Crippen LogP contribution in [0.25, 0.3) is 0 Å². The average molecular weight is 290 g/mol. The molecule has 20 heavy (non-hydrogen) atoms. The molecule has 0 aliphatic heterocycles. The van der Waals surface area contributed by atoms with Crippen molar-refractivity contribution in [3.63, 3.8) is 0 Å². The second kappa shape index (κ2) is 5.75. The average Bonchev–Trinajstić information content (AvgIpc) is 2.48. The first-order valence-electron chi connectivity index (χ1n) is 5.83. The maximum Gasteiger partial charge on any atom is 0.284 e. The number of ether oxygens (including phenoxy) is 1. The van der Waals surface area contributed by atoms with Gasteiger partial charge in [-0.25, -0.2) is 0 Å². The summed E-state index contributed by atoms with van der Waals surface area (Å²) in [6.07, 6.45) is 0. The summed E-state index contributed by atoms with van der Waals surface area (Å²) in [5, 5.41) is 0. The minimum Gasteiger partial charge on any atom is -0.497 e. The van der Waals surface area contributed by atoms with Gasteiger partial charge in [-0.15, -0.1) is 4.40 Å². The first-order chi connectivity index (χ1) is 9.53. The second-order valence-corrected chi connectivity index (χ2v) is 5.60. The first kappa shape index (κ1) is 14.1. The van der Waals surface area contributed by atoms with Gasteiger partial charge in [0, 0.05) is 5.56 Å². The van der Waals surface area contributed by atoms with Crippen LogP contribution >= 0.6 is 0 Å². The Morgan fingerprint density at radius 1 is 1.05 bits per heavy atom. The normalized spacial score (nSPS) is 12.2. The van der Waals surface area contributed by atoms with E-state index in [9.17, 15) is 8.42 Å². The Bertz CT molecular complexity index is 708. The molecule has 0 aliphatic carbocycles. The summed E-state index contributed by atoms with van der Waals surface area (Å²) in [6, 6.07) is 14.7. The van der Waals surface area contributed by atoms with Crippen LogP contribution in [0.1, 0.15) is 5.56 Å². The van der Waals surface area contributed by atoms with E-state index in [0.717, 1.165) is 0 Å². The second-order valence-electron chi connectivity index (χ2n) is 3.99. The number of methoxy groups -OCH3 is 1. The van der Waals surface area contributed by atoms with Gasteiger partial charge < -0.3 is 10.5 Å². The van der Waals surface area contributed by atoms with Crippen LogP contribution in [0.15, 0.2) is 63.9 Å². The Balaban J connectivity index is 2.35. The number of hydrogen-bond acceptors (Lipinski definition) is 3. The van der Waals surface area contributed by atoms with E-state index in [1.165, 1.54) is 19.2 Å². The fourth-order valence-electron chi connectivity index (χ4n) is 1.59. The van der Waals surface area contributed by atoms with Crippen molar-refractivity contribution in [2.75, 3.05) is 7.11 Å². The van der Waals surface area contributed by atoms with Crippen LogP contribution in [0.3, 0.4) is 0 Å². The highest BCUT2D eigenvalue weighted by molar-refractivity contribution is 7.90. The van der Waals surface area contributed by atoms with Crippen molar-refractivity contribution in [1.82, 2.24) is 0 Å². The monoisotopic (exact) mass is 290 g/mol. The number of benzene rings is 2. The minimum atomic E-state index is -3.83. The topological polar surface area (TPSA) is 81.8 Å². The van der Waals surface area contributed by atoms with Crippen molar-refractivity contribution in [2.24, 2.45) is 10.1 Å². The molecule has 0 spiro atoms. The summed E-state index contributed by atoms with van der Waals surface area (Å²) >= 11 is 0. The number of rotatable bonds is 4. The van der Waals surface area contributed by atoms with E-state index in [2.05, 4.69) is 4.40 Å². The van der Waals surface area contributed by atoms with Gasteiger partial charge in [0.2, 0.25) is 0 Å². The number of nitrogens with two attached hydrogens (primary N) is 1. The zero-order valence-corrected chi connectivity index (χ0v) is 11.7. The summed E-state index contributed by atoms with van der Waals surface area (Å²) in [5.41, 5.74) is 6.28. The summed E-state index contributed by atoms with van der Waals surface area (Å²) in [5.74, 6) is 0.533. The number of hydrogen-bond donors (Lipinski definition) is 1. The maximum atomic E-state index is 12.1. The maximum absolute atomic E-state index is 12.1. The Labute approximate surface area is 117 Å². The molecule has 0 aromatic heterocycles. The van der Waals surface area contributed by atoms with Crippen molar-refractivity contribution in [3.05, 3.63) is 60.2 Å². The Hall–Kier alpha value is -2.34. The van der Waals surface area contributed by atoms with Gasteiger partial charge >= 0.3 is 0 Å². The molecule has 0 unspecified atom stereocenters. The molecule has 0 heterocycles. The lowest BCUT2D eigenvalue weighted by Gasteiger charge is -2.03. The lowest BCUT2D eigenvalue weighted by Crippen LogP contribution is -2.15. The first-order valence-corrected chi connectivity index (χ1v) is 7.27. The van der Waals surface area contributed by atoms with E-state index in [1.807, 2.05) is 6.07 Å². The number of sulfonamides is 1. The van der Waals surface area contributed by atoms with Crippen molar-refractivity contribution in [2.45, 2.75) is 4.90 Å². The van der Waals surface area contributed by atoms with E-state index in [-0.39, 0.29) is 10.7 Å². The molecule has 0 atom stereocenters. The van der Waals surface area contributed by atoms with Gasteiger partial charge in [-0.1, -0.05) is 30.3 Å². The molecule has 6 heteroatoms. The van der Waals surface area contributed by atoms with E-state index in [0.29, 0.717) is 11.3 Å². The van der Waals surface area contributed by atoms with E-state index >= 15 is 0 Å². The van der Waals surface area contributed by atoms with Crippen molar-refractivity contribution >= 4 is 15.9 Å². The highest BCUT2D eigenvalue weighted by Crippen LogP contribution is 2.17. The quantitative estimate of drug-likeness (QED) is 0.687. The molecule has 0 saturated heterocycles. The summed E-state index contributed by atoms with van der Waals surface area (Å²) < 4.78 is 32.8. The van der Waals surface area contributed by atoms with Crippen LogP contribution in [0, 0.1) is 0 Å². The van der Waals surface area contributed by atoms with Gasteiger partial charge in [0.1, 0.15) is 11.6 Å². The van der Waals surface area contributed by atoms with Crippen LogP contribution in [0.4, 0.5) is 0 Å². The molecule has 5 nitrogen and oxygen atoms in total. The van der Waals surface area contributed by atoms with Gasteiger partial charge in [0.25, 0.3) is 10.0 Å². The minimum absolute atomic E-state index is 0.0404. The van der Waals surface area contributed by atoms with Gasteiger partial charge in [0.15, 0.2) is 0 Å². The molecule has 2 aromatic carbocycles. The van der Waals surface area contributed by atoms with E-state index in [1.54, 1.807) is 36.4 Å². The molecule has 2 N–H and O–H groups in total. The lowest BCUT2D eigenvalue weighted by atomic mass is 10.2. The van der Waals surface area contributed by atoms with Crippen LogP contribution in [0.2, 0.25) is 0 Å². The van der Waals surface area contributed by atoms with Gasteiger partial charge in [0.05, 0.1) is 12.0 Å². The molecule has 0 aliphatic rings. The zero-order chi connectivity index (χ0) is 14.6. The molecule has 0 amide bonds. The Morgan fingerprint density at radius 3 is 2.20 bits per heavy atom. The number of amidine groups is 1. The smallest absolute Gasteiger partial charge is 0.284 e. The van der Waals surface area contributed by atoms with Crippen LogP contribution in [-0.4, -0.2) is 21.4 Å². The van der Waals surface area contributed by atoms with Crippen molar-refractivity contribution < 1.29 is 13.2 Å². The summed E-state index contributed by atoms with van der Waals surface area (Å²) in [6.45, 7) is 0. The largest absolute Gasteiger partial charge is 0.497 e. The highest BCUT2D eigenvalue weighted by Gasteiger charge is 2.14. The third-order valence-corrected chi connectivity index (χ3v) is 3.95. The van der Waals surface area contributed by atoms with Gasteiger partial charge in [-0.3, -0.25) is 0 Å². The molecule has 0 fully saturated rings. The van der Waals surface area contributed by atoms with Gasteiger partial charge in [-0.2, -0.15) is 8.42 Å². The molecule has 0 saturated carbocycles.